The van der Waals surface area contributed by atoms with E-state index >= 15 is 0 Å². The molecule has 8 atom stereocenters. The number of hydrogen-bond donors (Lipinski definition) is 1. The third kappa shape index (κ3) is 2.97. The summed E-state index contributed by atoms with van der Waals surface area (Å²) in [5, 5.41) is 9.08. The van der Waals surface area contributed by atoms with Gasteiger partial charge < -0.3 is 5.11 Å². The van der Waals surface area contributed by atoms with Crippen LogP contribution in [0.4, 0.5) is 0 Å². The van der Waals surface area contributed by atoms with E-state index in [1.54, 1.807) is 0 Å². The van der Waals surface area contributed by atoms with Gasteiger partial charge in [-0.1, -0.05) is 20.8 Å². The molecular formula is C24H36O4. The smallest absolute Gasteiger partial charge is 0.303 e. The first kappa shape index (κ1) is 20.1. The minimum Gasteiger partial charge on any atom is -0.481 e. The Morgan fingerprint density at radius 2 is 1.79 bits per heavy atom. The third-order valence-corrected chi connectivity index (χ3v) is 9.86. The van der Waals surface area contributed by atoms with Crippen molar-refractivity contribution in [3.05, 3.63) is 0 Å². The number of carboxylic acid groups (broad SMARTS) is 1. The van der Waals surface area contributed by atoms with Crippen LogP contribution >= 0.6 is 0 Å². The van der Waals surface area contributed by atoms with Gasteiger partial charge in [0.25, 0.3) is 0 Å². The molecule has 0 aliphatic heterocycles. The summed E-state index contributed by atoms with van der Waals surface area (Å²) in [7, 11) is 0. The van der Waals surface area contributed by atoms with Gasteiger partial charge in [-0.25, -0.2) is 0 Å². The normalized spacial score (nSPS) is 46.5. The monoisotopic (exact) mass is 388 g/mol. The Morgan fingerprint density at radius 1 is 1.07 bits per heavy atom. The van der Waals surface area contributed by atoms with Crippen molar-refractivity contribution in [1.82, 2.24) is 0 Å². The molecule has 4 aliphatic rings. The maximum Gasteiger partial charge on any atom is 0.303 e. The van der Waals surface area contributed by atoms with Crippen LogP contribution in [0.25, 0.3) is 0 Å². The van der Waals surface area contributed by atoms with Gasteiger partial charge in [0, 0.05) is 31.6 Å². The van der Waals surface area contributed by atoms with E-state index in [9.17, 15) is 14.4 Å². The van der Waals surface area contributed by atoms with Crippen LogP contribution in [0.15, 0.2) is 0 Å². The molecular weight excluding hydrogens is 352 g/mol. The van der Waals surface area contributed by atoms with Crippen molar-refractivity contribution >= 4 is 17.5 Å². The molecule has 28 heavy (non-hydrogen) atoms. The molecule has 4 heteroatoms. The van der Waals surface area contributed by atoms with Crippen molar-refractivity contribution in [3.63, 3.8) is 0 Å². The van der Waals surface area contributed by atoms with E-state index in [1.807, 2.05) is 0 Å². The molecule has 4 saturated carbocycles. The maximum absolute atomic E-state index is 13.3. The van der Waals surface area contributed by atoms with Gasteiger partial charge in [0.2, 0.25) is 0 Å². The van der Waals surface area contributed by atoms with Crippen LogP contribution in [0.2, 0.25) is 0 Å². The summed E-state index contributed by atoms with van der Waals surface area (Å²) in [6.45, 7) is 6.99. The summed E-state index contributed by atoms with van der Waals surface area (Å²) < 4.78 is 0. The summed E-state index contributed by atoms with van der Waals surface area (Å²) in [5.41, 5.74) is 0.323. The van der Waals surface area contributed by atoms with Crippen molar-refractivity contribution in [2.75, 3.05) is 0 Å². The fraction of sp³-hybridized carbons (Fsp3) is 0.875. The lowest BCUT2D eigenvalue weighted by Gasteiger charge is -2.59. The van der Waals surface area contributed by atoms with Gasteiger partial charge in [0.1, 0.15) is 11.6 Å². The zero-order chi connectivity index (χ0) is 20.3. The molecule has 4 rings (SSSR count). The van der Waals surface area contributed by atoms with Crippen molar-refractivity contribution < 1.29 is 19.5 Å². The standard InChI is InChI=1S/C24H36O4/c1-14(4-7-21(27)28)17-5-6-18-22-19(9-11-24(17,18)3)23(2)10-8-16(25)12-15(23)13-20(22)26/h14-15,17-19,22H,4-13H2,1-3H3,(H,27,28)/t14-,15?,17?,18?,19?,22?,23?,24?/m1/s1. The molecule has 4 aliphatic carbocycles. The SMILES string of the molecule is C[C@H](CCC(=O)O)C1CCC2C3C(=O)CC4CC(=O)CCC4(C)C3CCC21C. The number of aliphatic carboxylic acids is 1. The summed E-state index contributed by atoms with van der Waals surface area (Å²) in [6.07, 6.45) is 8.38. The van der Waals surface area contributed by atoms with E-state index in [4.69, 9.17) is 5.11 Å². The van der Waals surface area contributed by atoms with Crippen molar-refractivity contribution in [3.8, 4) is 0 Å². The highest BCUT2D eigenvalue weighted by Crippen LogP contribution is 2.67. The zero-order valence-corrected chi connectivity index (χ0v) is 17.7. The molecule has 156 valence electrons. The number of hydrogen-bond acceptors (Lipinski definition) is 3. The van der Waals surface area contributed by atoms with Crippen LogP contribution in [0.1, 0.15) is 85.0 Å². The second-order valence-electron chi connectivity index (χ2n) is 11.0. The van der Waals surface area contributed by atoms with E-state index in [1.165, 1.54) is 0 Å². The fourth-order valence-corrected chi connectivity index (χ4v) is 8.25. The van der Waals surface area contributed by atoms with E-state index < -0.39 is 5.97 Å². The topological polar surface area (TPSA) is 71.4 Å². The molecule has 0 radical (unpaired) electrons. The van der Waals surface area contributed by atoms with Crippen LogP contribution in [-0.4, -0.2) is 22.6 Å². The van der Waals surface area contributed by atoms with Gasteiger partial charge in [0.05, 0.1) is 0 Å². The van der Waals surface area contributed by atoms with Crippen molar-refractivity contribution in [2.45, 2.75) is 85.0 Å². The Labute approximate surface area is 168 Å². The van der Waals surface area contributed by atoms with E-state index in [0.717, 1.165) is 38.5 Å². The Morgan fingerprint density at radius 3 is 2.50 bits per heavy atom. The largest absolute Gasteiger partial charge is 0.481 e. The van der Waals surface area contributed by atoms with Crippen molar-refractivity contribution in [1.29, 1.82) is 0 Å². The first-order chi connectivity index (χ1) is 13.2. The Bertz CT molecular complexity index is 684. The second kappa shape index (κ2) is 6.95. The average molecular weight is 389 g/mol. The third-order valence-electron chi connectivity index (χ3n) is 9.86. The molecule has 0 aromatic rings. The molecule has 1 N–H and O–H groups in total. The van der Waals surface area contributed by atoms with E-state index in [-0.39, 0.29) is 29.1 Å². The Balaban J connectivity index is 1.57. The molecule has 0 heterocycles. The summed E-state index contributed by atoms with van der Waals surface area (Å²) in [5.74, 6) is 2.33. The zero-order valence-electron chi connectivity index (χ0n) is 17.7. The van der Waals surface area contributed by atoms with Crippen molar-refractivity contribution in [2.24, 2.45) is 46.3 Å². The minimum absolute atomic E-state index is 0.154. The number of ketones is 2. The van der Waals surface area contributed by atoms with Gasteiger partial charge in [-0.05, 0) is 78.9 Å². The summed E-state index contributed by atoms with van der Waals surface area (Å²) in [6, 6.07) is 0. The number of carboxylic acids is 1. The Kier molecular flexibility index (Phi) is 4.99. The van der Waals surface area contributed by atoms with Gasteiger partial charge in [-0.15, -0.1) is 0 Å². The first-order valence-electron chi connectivity index (χ1n) is 11.4. The lowest BCUT2D eigenvalue weighted by Crippen LogP contribution is -2.57. The minimum atomic E-state index is -0.705. The number of rotatable bonds is 4. The van der Waals surface area contributed by atoms with Crippen LogP contribution in [0.5, 0.6) is 0 Å². The second-order valence-corrected chi connectivity index (χ2v) is 11.0. The maximum atomic E-state index is 13.3. The van der Waals surface area contributed by atoms with Gasteiger partial charge in [-0.3, -0.25) is 14.4 Å². The predicted octanol–water partition coefficient (Wildman–Crippen LogP) is 4.89. The van der Waals surface area contributed by atoms with Gasteiger partial charge >= 0.3 is 5.97 Å². The van der Waals surface area contributed by atoms with E-state index in [0.29, 0.717) is 54.5 Å². The van der Waals surface area contributed by atoms with Crippen LogP contribution in [0, 0.1) is 46.3 Å². The lowest BCUT2D eigenvalue weighted by atomic mass is 9.44. The molecule has 0 aromatic heterocycles. The van der Waals surface area contributed by atoms with Gasteiger partial charge in [-0.2, -0.15) is 0 Å². The highest BCUT2D eigenvalue weighted by Gasteiger charge is 2.63. The molecule has 0 amide bonds. The average Bonchev–Trinajstić information content (AvgIpc) is 2.98. The fourth-order valence-electron chi connectivity index (χ4n) is 8.25. The molecule has 7 unspecified atom stereocenters. The number of carbonyl (C=O) groups is 3. The lowest BCUT2D eigenvalue weighted by molar-refractivity contribution is -0.159. The van der Waals surface area contributed by atoms with Crippen LogP contribution < -0.4 is 0 Å². The van der Waals surface area contributed by atoms with Gasteiger partial charge in [0.15, 0.2) is 0 Å². The molecule has 0 saturated heterocycles. The summed E-state index contributed by atoms with van der Waals surface area (Å²) in [4.78, 5) is 36.4. The molecule has 0 bridgehead atoms. The molecule has 0 aromatic carbocycles. The van der Waals surface area contributed by atoms with E-state index in [2.05, 4.69) is 20.8 Å². The summed E-state index contributed by atoms with van der Waals surface area (Å²) >= 11 is 0. The predicted molar refractivity (Wildman–Crippen MR) is 107 cm³/mol. The molecule has 4 nitrogen and oxygen atoms in total. The quantitative estimate of drug-likeness (QED) is 0.744. The number of fused-ring (bicyclic) bond motifs is 5. The van der Waals surface area contributed by atoms with Crippen LogP contribution in [0.3, 0.4) is 0 Å². The highest BCUT2D eigenvalue weighted by molar-refractivity contribution is 5.86. The molecule has 4 fully saturated rings. The number of carbonyl (C=O) groups excluding carboxylic acids is 2. The first-order valence-corrected chi connectivity index (χ1v) is 11.4. The Hall–Kier alpha value is -1.19. The highest BCUT2D eigenvalue weighted by atomic mass is 16.4. The number of Topliss-reactive ketones (excluding diaryl/α,β-unsaturated/α-hetero) is 2. The molecule has 0 spiro atoms. The van der Waals surface area contributed by atoms with Crippen LogP contribution in [-0.2, 0) is 14.4 Å².